The van der Waals surface area contributed by atoms with Gasteiger partial charge in [-0.25, -0.2) is 0 Å². The van der Waals surface area contributed by atoms with Crippen molar-refractivity contribution in [2.24, 2.45) is 5.92 Å². The van der Waals surface area contributed by atoms with Crippen molar-refractivity contribution < 1.29 is 23.9 Å². The Balaban J connectivity index is 2.24. The summed E-state index contributed by atoms with van der Waals surface area (Å²) in [5.74, 6) is -1.03. The topological polar surface area (TPSA) is 87.2 Å². The SMILES string of the molecule is C=CCOC(=O)C[C@@H](C(=O)N1CCCCC1)N(C)C(=O)C(C1CCCCC1)N(C)C=O. The summed E-state index contributed by atoms with van der Waals surface area (Å²) in [4.78, 5) is 55.3. The molecule has 0 aromatic carbocycles. The van der Waals surface area contributed by atoms with Gasteiger partial charge in [0.05, 0.1) is 6.42 Å². The number of ether oxygens (including phenoxy) is 1. The van der Waals surface area contributed by atoms with Crippen LogP contribution >= 0.6 is 0 Å². The Labute approximate surface area is 185 Å². The van der Waals surface area contributed by atoms with Gasteiger partial charge >= 0.3 is 5.97 Å². The molecule has 2 rings (SSSR count). The van der Waals surface area contributed by atoms with E-state index in [-0.39, 0.29) is 30.8 Å². The smallest absolute Gasteiger partial charge is 0.308 e. The molecular formula is C23H37N3O5. The van der Waals surface area contributed by atoms with Crippen molar-refractivity contribution in [1.29, 1.82) is 0 Å². The largest absolute Gasteiger partial charge is 0.461 e. The number of carbonyl (C=O) groups excluding carboxylic acids is 4. The van der Waals surface area contributed by atoms with E-state index in [0.717, 1.165) is 51.4 Å². The molecule has 1 unspecified atom stereocenters. The minimum absolute atomic E-state index is 0.0531. The normalized spacial score (nSPS) is 19.1. The number of esters is 1. The third-order valence-electron chi connectivity index (χ3n) is 6.44. The maximum Gasteiger partial charge on any atom is 0.308 e. The van der Waals surface area contributed by atoms with Crippen molar-refractivity contribution in [3.8, 4) is 0 Å². The van der Waals surface area contributed by atoms with E-state index in [9.17, 15) is 19.2 Å². The van der Waals surface area contributed by atoms with Crippen molar-refractivity contribution in [2.45, 2.75) is 69.9 Å². The van der Waals surface area contributed by atoms with E-state index < -0.39 is 18.1 Å². The van der Waals surface area contributed by atoms with Gasteiger partial charge in [-0.1, -0.05) is 31.9 Å². The maximum atomic E-state index is 13.6. The van der Waals surface area contributed by atoms with E-state index in [2.05, 4.69) is 6.58 Å². The van der Waals surface area contributed by atoms with Crippen LogP contribution in [0.15, 0.2) is 12.7 Å². The van der Waals surface area contributed by atoms with Crippen molar-refractivity contribution in [3.63, 3.8) is 0 Å². The van der Waals surface area contributed by atoms with Crippen molar-refractivity contribution in [1.82, 2.24) is 14.7 Å². The number of carbonyl (C=O) groups is 4. The van der Waals surface area contributed by atoms with Crippen LogP contribution in [0.25, 0.3) is 0 Å². The van der Waals surface area contributed by atoms with Crippen LogP contribution in [-0.4, -0.2) is 84.8 Å². The highest BCUT2D eigenvalue weighted by Gasteiger charge is 2.40. The van der Waals surface area contributed by atoms with Gasteiger partial charge in [0.15, 0.2) is 0 Å². The summed E-state index contributed by atoms with van der Waals surface area (Å²) < 4.78 is 5.10. The highest BCUT2D eigenvalue weighted by molar-refractivity contribution is 5.93. The maximum absolute atomic E-state index is 13.6. The summed E-state index contributed by atoms with van der Waals surface area (Å²) in [6, 6.07) is -1.59. The fraction of sp³-hybridized carbons (Fsp3) is 0.739. The summed E-state index contributed by atoms with van der Waals surface area (Å²) in [7, 11) is 3.17. The summed E-state index contributed by atoms with van der Waals surface area (Å²) in [6.45, 7) is 4.84. The molecule has 0 aromatic heterocycles. The van der Waals surface area contributed by atoms with E-state index in [1.54, 1.807) is 19.0 Å². The number of rotatable bonds is 10. The molecule has 0 spiro atoms. The first-order valence-electron chi connectivity index (χ1n) is 11.4. The van der Waals surface area contributed by atoms with Crippen LogP contribution in [0, 0.1) is 5.92 Å². The van der Waals surface area contributed by atoms with Gasteiger partial charge in [-0.3, -0.25) is 19.2 Å². The fourth-order valence-corrected chi connectivity index (χ4v) is 4.67. The molecule has 0 N–H and O–H groups in total. The summed E-state index contributed by atoms with van der Waals surface area (Å²) in [6.07, 6.45) is 9.73. The number of hydrogen-bond acceptors (Lipinski definition) is 5. The zero-order valence-corrected chi connectivity index (χ0v) is 19.0. The minimum Gasteiger partial charge on any atom is -0.461 e. The number of likely N-dealkylation sites (N-methyl/N-ethyl adjacent to an activating group) is 2. The Morgan fingerprint density at radius 2 is 1.68 bits per heavy atom. The molecule has 3 amide bonds. The zero-order valence-electron chi connectivity index (χ0n) is 19.0. The molecule has 1 heterocycles. The quantitative estimate of drug-likeness (QED) is 0.297. The summed E-state index contributed by atoms with van der Waals surface area (Å²) in [5, 5.41) is 0. The average molecular weight is 436 g/mol. The lowest BCUT2D eigenvalue weighted by Gasteiger charge is -2.39. The second kappa shape index (κ2) is 12.5. The molecule has 0 aromatic rings. The predicted molar refractivity (Wildman–Crippen MR) is 117 cm³/mol. The first kappa shape index (κ1) is 24.9. The van der Waals surface area contributed by atoms with Crippen LogP contribution < -0.4 is 0 Å². The van der Waals surface area contributed by atoms with Gasteiger partial charge in [0, 0.05) is 27.2 Å². The number of hydrogen-bond donors (Lipinski definition) is 0. The highest BCUT2D eigenvalue weighted by Crippen LogP contribution is 2.30. The Morgan fingerprint density at radius 1 is 1.06 bits per heavy atom. The third-order valence-corrected chi connectivity index (χ3v) is 6.44. The third kappa shape index (κ3) is 6.80. The van der Waals surface area contributed by atoms with Crippen molar-refractivity contribution in [3.05, 3.63) is 12.7 Å². The zero-order chi connectivity index (χ0) is 22.8. The molecule has 1 saturated heterocycles. The first-order chi connectivity index (χ1) is 14.9. The molecule has 174 valence electrons. The van der Waals surface area contributed by atoms with Crippen LogP contribution in [0.5, 0.6) is 0 Å². The molecule has 2 atom stereocenters. The highest BCUT2D eigenvalue weighted by atomic mass is 16.5. The Morgan fingerprint density at radius 3 is 2.26 bits per heavy atom. The molecule has 2 fully saturated rings. The van der Waals surface area contributed by atoms with E-state index in [4.69, 9.17) is 4.74 Å². The molecule has 8 heteroatoms. The lowest BCUT2D eigenvalue weighted by Crippen LogP contribution is -2.57. The van der Waals surface area contributed by atoms with Gasteiger partial charge in [0.25, 0.3) is 0 Å². The molecule has 2 aliphatic rings. The minimum atomic E-state index is -0.950. The molecule has 8 nitrogen and oxygen atoms in total. The van der Waals surface area contributed by atoms with Gasteiger partial charge in [-0.05, 0) is 38.0 Å². The van der Waals surface area contributed by atoms with Crippen LogP contribution in [-0.2, 0) is 23.9 Å². The number of amides is 3. The lowest BCUT2D eigenvalue weighted by atomic mass is 9.82. The standard InChI is InChI=1S/C23H37N3O5/c1-4-15-31-20(28)16-19(22(29)26-13-9-6-10-14-26)25(3)23(30)21(24(2)17-27)18-11-7-5-8-12-18/h4,17-19,21H,1,5-16H2,2-3H3/t19-,21?/m0/s1. The molecular weight excluding hydrogens is 398 g/mol. The summed E-state index contributed by atoms with van der Waals surface area (Å²) >= 11 is 0. The van der Waals surface area contributed by atoms with Gasteiger partial charge in [-0.2, -0.15) is 0 Å². The fourth-order valence-electron chi connectivity index (χ4n) is 4.67. The molecule has 0 bridgehead atoms. The van der Waals surface area contributed by atoms with E-state index in [1.165, 1.54) is 15.9 Å². The molecule has 1 aliphatic heterocycles. The van der Waals surface area contributed by atoms with Gasteiger partial charge in [0.1, 0.15) is 18.7 Å². The molecule has 31 heavy (non-hydrogen) atoms. The monoisotopic (exact) mass is 435 g/mol. The molecule has 0 radical (unpaired) electrons. The second-order valence-electron chi connectivity index (χ2n) is 8.64. The van der Waals surface area contributed by atoms with Gasteiger partial charge in [-0.15, -0.1) is 0 Å². The van der Waals surface area contributed by atoms with Crippen molar-refractivity contribution in [2.75, 3.05) is 33.8 Å². The Bertz CT molecular complexity index is 641. The van der Waals surface area contributed by atoms with Crippen LogP contribution in [0.3, 0.4) is 0 Å². The van der Waals surface area contributed by atoms with Gasteiger partial charge < -0.3 is 19.4 Å². The lowest BCUT2D eigenvalue weighted by molar-refractivity contribution is -0.155. The summed E-state index contributed by atoms with van der Waals surface area (Å²) in [5.41, 5.74) is 0. The first-order valence-corrected chi connectivity index (χ1v) is 11.4. The van der Waals surface area contributed by atoms with Crippen molar-refractivity contribution >= 4 is 24.2 Å². The van der Waals surface area contributed by atoms with E-state index in [0.29, 0.717) is 19.5 Å². The van der Waals surface area contributed by atoms with E-state index in [1.807, 2.05) is 0 Å². The number of piperidine rings is 1. The van der Waals surface area contributed by atoms with Crippen LogP contribution in [0.1, 0.15) is 57.8 Å². The molecule has 1 aliphatic carbocycles. The predicted octanol–water partition coefficient (Wildman–Crippen LogP) is 1.98. The van der Waals surface area contributed by atoms with Crippen LogP contribution in [0.2, 0.25) is 0 Å². The average Bonchev–Trinajstić information content (AvgIpc) is 2.81. The van der Waals surface area contributed by atoms with Crippen LogP contribution in [0.4, 0.5) is 0 Å². The Hall–Kier alpha value is -2.38. The van der Waals surface area contributed by atoms with Gasteiger partial charge in [0.2, 0.25) is 18.2 Å². The number of nitrogens with zero attached hydrogens (tertiary/aromatic N) is 3. The molecule has 1 saturated carbocycles. The van der Waals surface area contributed by atoms with E-state index >= 15 is 0 Å². The Kier molecular flexibility index (Phi) is 10.0. The number of likely N-dealkylation sites (tertiary alicyclic amines) is 1. The second-order valence-corrected chi connectivity index (χ2v) is 8.64.